The van der Waals surface area contributed by atoms with Crippen molar-refractivity contribution in [3.63, 3.8) is 0 Å². The van der Waals surface area contributed by atoms with E-state index in [4.69, 9.17) is 0 Å². The minimum absolute atomic E-state index is 0.256. The van der Waals surface area contributed by atoms with Crippen molar-refractivity contribution in [3.05, 3.63) is 24.1 Å². The van der Waals surface area contributed by atoms with Gasteiger partial charge in [-0.25, -0.2) is 9.37 Å². The Labute approximate surface area is 101 Å². The first-order valence-electron chi connectivity index (χ1n) is 6.40. The van der Waals surface area contributed by atoms with Gasteiger partial charge in [0, 0.05) is 25.2 Å². The van der Waals surface area contributed by atoms with Crippen LogP contribution in [0.25, 0.3) is 0 Å². The third-order valence-electron chi connectivity index (χ3n) is 3.98. The molecule has 2 unspecified atom stereocenters. The van der Waals surface area contributed by atoms with Gasteiger partial charge in [-0.05, 0) is 31.5 Å². The normalized spacial score (nSPS) is 28.7. The van der Waals surface area contributed by atoms with Gasteiger partial charge in [0.05, 0.1) is 6.20 Å². The molecule has 3 nitrogen and oxygen atoms in total. The minimum Gasteiger partial charge on any atom is -0.348 e. The maximum atomic E-state index is 12.9. The molecule has 2 saturated heterocycles. The molecule has 0 spiro atoms. The third-order valence-corrected chi connectivity index (χ3v) is 3.98. The fraction of sp³-hybridized carbons (Fsp3) is 0.615. The zero-order chi connectivity index (χ0) is 11.8. The molecule has 92 valence electrons. The molecule has 0 aromatic carbocycles. The van der Waals surface area contributed by atoms with Crippen molar-refractivity contribution in [2.75, 3.05) is 24.5 Å². The van der Waals surface area contributed by atoms with Crippen LogP contribution in [0.3, 0.4) is 0 Å². The number of nitrogens with zero attached hydrogens (tertiary/aromatic N) is 3. The van der Waals surface area contributed by atoms with Crippen molar-refractivity contribution < 1.29 is 4.39 Å². The monoisotopic (exact) mass is 235 g/mol. The third kappa shape index (κ3) is 1.90. The zero-order valence-electron chi connectivity index (χ0n) is 10.1. The topological polar surface area (TPSA) is 19.4 Å². The maximum absolute atomic E-state index is 12.9. The van der Waals surface area contributed by atoms with Crippen molar-refractivity contribution in [1.82, 2.24) is 9.88 Å². The Hall–Kier alpha value is -1.16. The zero-order valence-corrected chi connectivity index (χ0v) is 10.1. The Balaban J connectivity index is 1.83. The number of aromatic nitrogens is 1. The number of fused-ring (bicyclic) bond motifs is 2. The minimum atomic E-state index is -0.256. The van der Waals surface area contributed by atoms with Gasteiger partial charge in [-0.15, -0.1) is 0 Å². The number of piperazine rings is 1. The number of rotatable bonds is 2. The van der Waals surface area contributed by atoms with Crippen molar-refractivity contribution in [2.24, 2.45) is 0 Å². The van der Waals surface area contributed by atoms with Crippen molar-refractivity contribution in [2.45, 2.75) is 31.8 Å². The summed E-state index contributed by atoms with van der Waals surface area (Å²) in [5, 5.41) is 0. The predicted molar refractivity (Wildman–Crippen MR) is 65.6 cm³/mol. The summed E-state index contributed by atoms with van der Waals surface area (Å²) in [6.45, 7) is 5.57. The molecular formula is C13H18FN3. The molecule has 2 atom stereocenters. The summed E-state index contributed by atoms with van der Waals surface area (Å²) in [5.74, 6) is 0.683. The van der Waals surface area contributed by atoms with Gasteiger partial charge in [-0.2, -0.15) is 0 Å². The smallest absolute Gasteiger partial charge is 0.141 e. The Morgan fingerprint density at radius 1 is 1.29 bits per heavy atom. The van der Waals surface area contributed by atoms with Gasteiger partial charge < -0.3 is 4.90 Å². The van der Waals surface area contributed by atoms with Crippen LogP contribution < -0.4 is 4.90 Å². The number of pyridine rings is 1. The molecule has 0 saturated carbocycles. The second-order valence-electron chi connectivity index (χ2n) is 4.98. The van der Waals surface area contributed by atoms with Crippen LogP contribution in [-0.2, 0) is 0 Å². The largest absolute Gasteiger partial charge is 0.348 e. The molecule has 3 rings (SSSR count). The van der Waals surface area contributed by atoms with E-state index in [1.807, 2.05) is 6.07 Å². The number of halogens is 1. The first-order chi connectivity index (χ1) is 8.28. The number of anilines is 1. The average molecular weight is 235 g/mol. The van der Waals surface area contributed by atoms with Crippen LogP contribution in [-0.4, -0.2) is 41.6 Å². The first-order valence-corrected chi connectivity index (χ1v) is 6.40. The van der Waals surface area contributed by atoms with Gasteiger partial charge in [-0.3, -0.25) is 4.90 Å². The van der Waals surface area contributed by atoms with Crippen LogP contribution in [0.1, 0.15) is 19.8 Å². The molecule has 2 aliphatic rings. The average Bonchev–Trinajstić information content (AvgIpc) is 2.61. The Bertz CT molecular complexity index is 378. The van der Waals surface area contributed by atoms with Crippen LogP contribution in [0.4, 0.5) is 10.2 Å². The number of hydrogen-bond donors (Lipinski definition) is 0. The van der Waals surface area contributed by atoms with Crippen LogP contribution in [0.15, 0.2) is 18.3 Å². The summed E-state index contributed by atoms with van der Waals surface area (Å²) in [6, 6.07) is 4.44. The highest BCUT2D eigenvalue weighted by Gasteiger charge is 2.39. The number of likely N-dealkylation sites (N-methyl/N-ethyl adjacent to an activating group) is 1. The van der Waals surface area contributed by atoms with E-state index >= 15 is 0 Å². The lowest BCUT2D eigenvalue weighted by atomic mass is 10.2. The summed E-state index contributed by atoms with van der Waals surface area (Å²) in [6.07, 6.45) is 3.79. The van der Waals surface area contributed by atoms with Crippen molar-refractivity contribution >= 4 is 5.82 Å². The second kappa shape index (κ2) is 4.26. The van der Waals surface area contributed by atoms with E-state index in [1.54, 1.807) is 0 Å². The van der Waals surface area contributed by atoms with Gasteiger partial charge in [0.25, 0.3) is 0 Å². The van der Waals surface area contributed by atoms with Gasteiger partial charge >= 0.3 is 0 Å². The van der Waals surface area contributed by atoms with Gasteiger partial charge in [0.15, 0.2) is 0 Å². The molecule has 17 heavy (non-hydrogen) atoms. The van der Waals surface area contributed by atoms with Gasteiger partial charge in [0.2, 0.25) is 0 Å². The molecule has 2 fully saturated rings. The molecule has 1 aromatic heterocycles. The van der Waals surface area contributed by atoms with E-state index in [1.165, 1.54) is 25.1 Å². The van der Waals surface area contributed by atoms with Crippen LogP contribution in [0.2, 0.25) is 0 Å². The lowest BCUT2D eigenvalue weighted by Gasteiger charge is -2.41. The van der Waals surface area contributed by atoms with E-state index in [2.05, 4.69) is 21.7 Å². The summed E-state index contributed by atoms with van der Waals surface area (Å²) in [5.41, 5.74) is 0. The summed E-state index contributed by atoms with van der Waals surface area (Å²) < 4.78 is 12.9. The molecule has 2 aliphatic heterocycles. The van der Waals surface area contributed by atoms with E-state index in [0.29, 0.717) is 12.1 Å². The Kier molecular flexibility index (Phi) is 2.74. The van der Waals surface area contributed by atoms with Crippen molar-refractivity contribution in [3.8, 4) is 0 Å². The lowest BCUT2D eigenvalue weighted by molar-refractivity contribution is 0.229. The molecule has 1 aromatic rings. The standard InChI is InChI=1S/C13H18FN3/c1-2-16-8-11-4-5-12(9-16)17(11)13-6-3-10(14)7-15-13/h3,6-7,11-12H,2,4-5,8-9H2,1H3. The SMILES string of the molecule is CCN1CC2CCC(C1)N2c1ccc(F)cn1. The van der Waals surface area contributed by atoms with E-state index in [-0.39, 0.29) is 5.82 Å². The lowest BCUT2D eigenvalue weighted by Crippen LogP contribution is -2.54. The summed E-state index contributed by atoms with van der Waals surface area (Å²) >= 11 is 0. The van der Waals surface area contributed by atoms with Gasteiger partial charge in [0.1, 0.15) is 11.6 Å². The van der Waals surface area contributed by atoms with E-state index in [0.717, 1.165) is 25.5 Å². The quantitative estimate of drug-likeness (QED) is 0.780. The fourth-order valence-electron chi connectivity index (χ4n) is 3.14. The predicted octanol–water partition coefficient (Wildman–Crippen LogP) is 1.89. The summed E-state index contributed by atoms with van der Waals surface area (Å²) in [7, 11) is 0. The molecule has 0 N–H and O–H groups in total. The molecule has 3 heterocycles. The second-order valence-corrected chi connectivity index (χ2v) is 4.98. The summed E-state index contributed by atoms with van der Waals surface area (Å²) in [4.78, 5) is 9.12. The Morgan fingerprint density at radius 2 is 2.00 bits per heavy atom. The number of hydrogen-bond acceptors (Lipinski definition) is 3. The molecule has 0 radical (unpaired) electrons. The highest BCUT2D eigenvalue weighted by atomic mass is 19.1. The molecule has 4 heteroatoms. The van der Waals surface area contributed by atoms with E-state index < -0.39 is 0 Å². The van der Waals surface area contributed by atoms with Crippen LogP contribution in [0, 0.1) is 5.82 Å². The maximum Gasteiger partial charge on any atom is 0.141 e. The van der Waals surface area contributed by atoms with Crippen molar-refractivity contribution in [1.29, 1.82) is 0 Å². The Morgan fingerprint density at radius 3 is 2.53 bits per heavy atom. The van der Waals surface area contributed by atoms with Crippen LogP contribution >= 0.6 is 0 Å². The highest BCUT2D eigenvalue weighted by molar-refractivity contribution is 5.43. The molecule has 2 bridgehead atoms. The van der Waals surface area contributed by atoms with Gasteiger partial charge in [-0.1, -0.05) is 6.92 Å². The molecular weight excluding hydrogens is 217 g/mol. The first kappa shape index (κ1) is 11.0. The molecule has 0 aliphatic carbocycles. The molecule has 0 amide bonds. The number of likely N-dealkylation sites (tertiary alicyclic amines) is 1. The fourth-order valence-corrected chi connectivity index (χ4v) is 3.14. The van der Waals surface area contributed by atoms with Crippen LogP contribution in [0.5, 0.6) is 0 Å². The van der Waals surface area contributed by atoms with E-state index in [9.17, 15) is 4.39 Å². The highest BCUT2D eigenvalue weighted by Crippen LogP contribution is 2.33.